The molecule has 1 unspecified atom stereocenters. The van der Waals surface area contributed by atoms with Gasteiger partial charge in [-0.25, -0.2) is 0 Å². The van der Waals surface area contributed by atoms with Crippen molar-refractivity contribution in [1.29, 1.82) is 0 Å². The van der Waals surface area contributed by atoms with Gasteiger partial charge >= 0.3 is 0 Å². The van der Waals surface area contributed by atoms with Crippen molar-refractivity contribution in [3.05, 3.63) is 71.6 Å². The number of nitrogens with zero attached hydrogens (tertiary/aromatic N) is 1. The molecule has 1 N–H and O–H groups in total. The fourth-order valence-corrected chi connectivity index (χ4v) is 4.94. The maximum absolute atomic E-state index is 13.1. The summed E-state index contributed by atoms with van der Waals surface area (Å²) in [5, 5.41) is 3.78. The minimum Gasteiger partial charge on any atom is -0.325 e. The van der Waals surface area contributed by atoms with Gasteiger partial charge in [0.2, 0.25) is 5.91 Å². The average Bonchev–Trinajstić information content (AvgIpc) is 2.76. The summed E-state index contributed by atoms with van der Waals surface area (Å²) >= 11 is 5.97. The monoisotopic (exact) mass is 395 g/mol. The van der Waals surface area contributed by atoms with Gasteiger partial charge in [-0.15, -0.1) is 0 Å². The summed E-state index contributed by atoms with van der Waals surface area (Å²) in [6.45, 7) is 0.965. The van der Waals surface area contributed by atoms with Gasteiger partial charge in [0.15, 0.2) is 0 Å². The lowest BCUT2D eigenvalue weighted by Gasteiger charge is -2.45. The van der Waals surface area contributed by atoms with Crippen molar-refractivity contribution in [2.24, 2.45) is 0 Å². The van der Waals surface area contributed by atoms with Gasteiger partial charge in [0, 0.05) is 16.8 Å². The topological polar surface area (TPSA) is 32.3 Å². The fourth-order valence-electron chi connectivity index (χ4n) is 4.82. The number of halogens is 1. The van der Waals surface area contributed by atoms with E-state index in [0.717, 1.165) is 25.1 Å². The Kier molecular flexibility index (Phi) is 6.33. The van der Waals surface area contributed by atoms with Crippen molar-refractivity contribution in [3.63, 3.8) is 0 Å². The van der Waals surface area contributed by atoms with Gasteiger partial charge in [0.1, 0.15) is 0 Å². The molecule has 2 aliphatic rings. The Morgan fingerprint density at radius 2 is 1.75 bits per heavy atom. The lowest BCUT2D eigenvalue weighted by atomic mass is 9.78. The summed E-state index contributed by atoms with van der Waals surface area (Å²) in [5.41, 5.74) is 2.22. The maximum atomic E-state index is 13.1. The SMILES string of the molecule is O=C(Nc1ccc(Cl)cc1)C1C[CH]CCN1[C@@H]1CCCC[C@@H]1c1ccccc1. The van der Waals surface area contributed by atoms with Crippen LogP contribution in [-0.4, -0.2) is 29.4 Å². The highest BCUT2D eigenvalue weighted by molar-refractivity contribution is 6.30. The molecule has 147 valence electrons. The number of hydrogen-bond acceptors (Lipinski definition) is 2. The number of carbonyl (C=O) groups is 1. The molecule has 4 heteroatoms. The smallest absolute Gasteiger partial charge is 0.241 e. The summed E-state index contributed by atoms with van der Waals surface area (Å²) < 4.78 is 0. The van der Waals surface area contributed by atoms with E-state index >= 15 is 0 Å². The van der Waals surface area contributed by atoms with Crippen molar-refractivity contribution in [1.82, 2.24) is 4.90 Å². The summed E-state index contributed by atoms with van der Waals surface area (Å²) in [7, 11) is 0. The van der Waals surface area contributed by atoms with Crippen molar-refractivity contribution in [3.8, 4) is 0 Å². The number of nitrogens with one attached hydrogen (secondary N) is 1. The van der Waals surface area contributed by atoms with E-state index in [1.807, 2.05) is 24.3 Å². The summed E-state index contributed by atoms with van der Waals surface area (Å²) in [4.78, 5) is 15.6. The molecule has 0 spiro atoms. The van der Waals surface area contributed by atoms with Crippen molar-refractivity contribution < 1.29 is 4.79 Å². The van der Waals surface area contributed by atoms with E-state index in [1.54, 1.807) is 0 Å². The zero-order valence-electron chi connectivity index (χ0n) is 16.2. The number of amides is 1. The zero-order valence-corrected chi connectivity index (χ0v) is 16.9. The van der Waals surface area contributed by atoms with Crippen LogP contribution in [-0.2, 0) is 4.79 Å². The predicted molar refractivity (Wildman–Crippen MR) is 116 cm³/mol. The fraction of sp³-hybridized carbons (Fsp3) is 0.417. The molecule has 28 heavy (non-hydrogen) atoms. The molecule has 2 aromatic rings. The van der Waals surface area contributed by atoms with Crippen LogP contribution in [0.4, 0.5) is 5.69 Å². The second kappa shape index (κ2) is 9.11. The number of rotatable bonds is 4. The second-order valence-electron chi connectivity index (χ2n) is 7.93. The van der Waals surface area contributed by atoms with Crippen molar-refractivity contribution >= 4 is 23.2 Å². The molecule has 3 nitrogen and oxygen atoms in total. The number of piperidine rings is 1. The molecule has 1 saturated heterocycles. The maximum Gasteiger partial charge on any atom is 0.241 e. The normalized spacial score (nSPS) is 26.0. The van der Waals surface area contributed by atoms with Crippen LogP contribution in [0.1, 0.15) is 50.0 Å². The predicted octanol–water partition coefficient (Wildman–Crippen LogP) is 5.67. The number of likely N-dealkylation sites (tertiary alicyclic amines) is 1. The molecule has 1 aliphatic heterocycles. The number of carbonyl (C=O) groups excluding carboxylic acids is 1. The number of hydrogen-bond donors (Lipinski definition) is 1. The largest absolute Gasteiger partial charge is 0.325 e. The highest BCUT2D eigenvalue weighted by atomic mass is 35.5. The van der Waals surface area contributed by atoms with Crippen LogP contribution in [0, 0.1) is 6.42 Å². The third kappa shape index (κ3) is 4.42. The van der Waals surface area contributed by atoms with Gasteiger partial charge in [-0.3, -0.25) is 9.69 Å². The van der Waals surface area contributed by atoms with Crippen LogP contribution in [0.25, 0.3) is 0 Å². The zero-order chi connectivity index (χ0) is 19.3. The molecule has 1 saturated carbocycles. The lowest BCUT2D eigenvalue weighted by molar-refractivity contribution is -0.123. The van der Waals surface area contributed by atoms with E-state index < -0.39 is 0 Å². The first-order valence-electron chi connectivity index (χ1n) is 10.4. The quantitative estimate of drug-likeness (QED) is 0.722. The van der Waals surface area contributed by atoms with E-state index in [2.05, 4.69) is 47.0 Å². The van der Waals surface area contributed by atoms with Gasteiger partial charge in [-0.1, -0.05) is 54.8 Å². The Hall–Kier alpha value is -1.84. The molecule has 1 radical (unpaired) electrons. The van der Waals surface area contributed by atoms with E-state index in [4.69, 9.17) is 11.6 Å². The van der Waals surface area contributed by atoms with E-state index in [0.29, 0.717) is 17.0 Å². The molecule has 1 heterocycles. The van der Waals surface area contributed by atoms with Gasteiger partial charge in [-0.2, -0.15) is 0 Å². The second-order valence-corrected chi connectivity index (χ2v) is 8.37. The number of benzene rings is 2. The molecule has 2 fully saturated rings. The molecule has 1 aliphatic carbocycles. The minimum absolute atomic E-state index is 0.0932. The number of anilines is 1. The van der Waals surface area contributed by atoms with Gasteiger partial charge in [0.05, 0.1) is 6.04 Å². The molecule has 2 aromatic carbocycles. The van der Waals surface area contributed by atoms with Crippen molar-refractivity contribution in [2.45, 2.75) is 56.5 Å². The van der Waals surface area contributed by atoms with Crippen LogP contribution < -0.4 is 5.32 Å². The van der Waals surface area contributed by atoms with Crippen LogP contribution in [0.3, 0.4) is 0 Å². The molecule has 1 amide bonds. The van der Waals surface area contributed by atoms with Crippen LogP contribution in [0.2, 0.25) is 5.02 Å². The highest BCUT2D eigenvalue weighted by Gasteiger charge is 2.38. The lowest BCUT2D eigenvalue weighted by Crippen LogP contribution is -2.54. The molecule has 3 atom stereocenters. The van der Waals surface area contributed by atoms with E-state index in [9.17, 15) is 4.79 Å². The van der Waals surface area contributed by atoms with E-state index in [-0.39, 0.29) is 11.9 Å². The van der Waals surface area contributed by atoms with Crippen LogP contribution in [0.15, 0.2) is 54.6 Å². The third-order valence-electron chi connectivity index (χ3n) is 6.18. The Morgan fingerprint density at radius 3 is 2.54 bits per heavy atom. The third-order valence-corrected chi connectivity index (χ3v) is 6.43. The van der Waals surface area contributed by atoms with Crippen LogP contribution >= 0.6 is 11.6 Å². The van der Waals surface area contributed by atoms with Gasteiger partial charge in [0.25, 0.3) is 0 Å². The first kappa shape index (κ1) is 19.5. The molecule has 0 bridgehead atoms. The first-order valence-corrected chi connectivity index (χ1v) is 10.8. The van der Waals surface area contributed by atoms with Gasteiger partial charge < -0.3 is 5.32 Å². The minimum atomic E-state index is -0.0984. The summed E-state index contributed by atoms with van der Waals surface area (Å²) in [5.74, 6) is 0.606. The van der Waals surface area contributed by atoms with Crippen LogP contribution in [0.5, 0.6) is 0 Å². The highest BCUT2D eigenvalue weighted by Crippen LogP contribution is 2.38. The Bertz CT molecular complexity index is 777. The first-order chi connectivity index (χ1) is 13.7. The summed E-state index contributed by atoms with van der Waals surface area (Å²) in [6, 6.07) is 18.6. The Labute approximate surface area is 173 Å². The molecular weight excluding hydrogens is 368 g/mol. The Balaban J connectivity index is 1.53. The van der Waals surface area contributed by atoms with E-state index in [1.165, 1.54) is 31.2 Å². The molecule has 0 aromatic heterocycles. The van der Waals surface area contributed by atoms with Gasteiger partial charge in [-0.05, 0) is 74.4 Å². The summed E-state index contributed by atoms with van der Waals surface area (Å²) in [6.07, 6.45) is 9.05. The van der Waals surface area contributed by atoms with Crippen molar-refractivity contribution in [2.75, 3.05) is 11.9 Å². The molecular formula is C24H28ClN2O. The standard InChI is InChI=1S/C24H28ClN2O/c25-19-13-15-20(16-14-19)26-24(28)23-12-6-7-17-27(23)22-11-5-4-10-21(22)18-8-2-1-3-9-18/h1-3,6,8-9,13-16,21-23H,4-5,7,10-12,17H2,(H,26,28)/t21-,22-,23?/m1/s1. The average molecular weight is 396 g/mol. The Morgan fingerprint density at radius 1 is 1.00 bits per heavy atom. The molecule has 4 rings (SSSR count).